The van der Waals surface area contributed by atoms with E-state index in [0.29, 0.717) is 22.1 Å². The monoisotopic (exact) mass is 302 g/mol. The molecule has 0 unspecified atom stereocenters. The summed E-state index contributed by atoms with van der Waals surface area (Å²) in [5.74, 6) is -1.23. The Bertz CT molecular complexity index is 728. The SMILES string of the molecule is O=C1CN(c2ccc(Cl)cc2)c2c(cccc2C(=O)O)N1. The van der Waals surface area contributed by atoms with Gasteiger partial charge in [-0.2, -0.15) is 0 Å². The van der Waals surface area contributed by atoms with Crippen LogP contribution in [0.4, 0.5) is 17.1 Å². The molecule has 1 heterocycles. The summed E-state index contributed by atoms with van der Waals surface area (Å²) in [6, 6.07) is 11.7. The van der Waals surface area contributed by atoms with E-state index in [2.05, 4.69) is 5.32 Å². The van der Waals surface area contributed by atoms with Gasteiger partial charge >= 0.3 is 5.97 Å². The van der Waals surface area contributed by atoms with Gasteiger partial charge in [-0.25, -0.2) is 4.79 Å². The second-order valence-electron chi connectivity index (χ2n) is 4.62. The number of rotatable bonds is 2. The minimum absolute atomic E-state index is 0.0545. The number of hydrogen-bond acceptors (Lipinski definition) is 3. The first kappa shape index (κ1) is 13.5. The van der Waals surface area contributed by atoms with Crippen LogP contribution in [0, 0.1) is 0 Å². The second-order valence-corrected chi connectivity index (χ2v) is 5.05. The first-order chi connectivity index (χ1) is 10.1. The number of anilines is 3. The van der Waals surface area contributed by atoms with Crippen LogP contribution in [0.15, 0.2) is 42.5 Å². The average molecular weight is 303 g/mol. The van der Waals surface area contributed by atoms with Gasteiger partial charge in [0.1, 0.15) is 6.54 Å². The van der Waals surface area contributed by atoms with Crippen LogP contribution in [0.25, 0.3) is 0 Å². The number of aromatic carboxylic acids is 1. The molecule has 2 aromatic carbocycles. The fourth-order valence-electron chi connectivity index (χ4n) is 2.36. The van der Waals surface area contributed by atoms with Crippen molar-refractivity contribution >= 4 is 40.5 Å². The van der Waals surface area contributed by atoms with Crippen LogP contribution >= 0.6 is 11.6 Å². The third-order valence-electron chi connectivity index (χ3n) is 3.25. The van der Waals surface area contributed by atoms with Crippen LogP contribution in [-0.4, -0.2) is 23.5 Å². The van der Waals surface area contributed by atoms with Crippen molar-refractivity contribution in [3.8, 4) is 0 Å². The van der Waals surface area contributed by atoms with Gasteiger partial charge < -0.3 is 15.3 Å². The van der Waals surface area contributed by atoms with Gasteiger partial charge in [-0.05, 0) is 36.4 Å². The Labute approximate surface area is 125 Å². The Morgan fingerprint density at radius 1 is 1.19 bits per heavy atom. The number of carboxylic acid groups (broad SMARTS) is 1. The summed E-state index contributed by atoms with van der Waals surface area (Å²) in [6.07, 6.45) is 0. The lowest BCUT2D eigenvalue weighted by molar-refractivity contribution is -0.115. The molecule has 0 aromatic heterocycles. The van der Waals surface area contributed by atoms with Crippen molar-refractivity contribution in [1.82, 2.24) is 0 Å². The molecule has 1 amide bonds. The number of hydrogen-bond donors (Lipinski definition) is 2. The van der Waals surface area contributed by atoms with Gasteiger partial charge in [0, 0.05) is 10.7 Å². The smallest absolute Gasteiger partial charge is 0.337 e. The maximum Gasteiger partial charge on any atom is 0.337 e. The predicted molar refractivity (Wildman–Crippen MR) is 80.5 cm³/mol. The van der Waals surface area contributed by atoms with Crippen molar-refractivity contribution in [2.75, 3.05) is 16.8 Å². The maximum atomic E-state index is 11.8. The maximum absolute atomic E-state index is 11.8. The minimum Gasteiger partial charge on any atom is -0.478 e. The van der Waals surface area contributed by atoms with Gasteiger partial charge in [-0.3, -0.25) is 4.79 Å². The molecular weight excluding hydrogens is 292 g/mol. The molecule has 106 valence electrons. The van der Waals surface area contributed by atoms with Crippen LogP contribution in [0.5, 0.6) is 0 Å². The molecule has 3 rings (SSSR count). The van der Waals surface area contributed by atoms with Gasteiger partial charge in [0.2, 0.25) is 5.91 Å². The lowest BCUT2D eigenvalue weighted by Gasteiger charge is -2.32. The van der Waals surface area contributed by atoms with Gasteiger partial charge in [-0.15, -0.1) is 0 Å². The number of halogens is 1. The molecule has 1 aliphatic rings. The minimum atomic E-state index is -1.04. The molecule has 21 heavy (non-hydrogen) atoms. The number of amides is 1. The fraction of sp³-hybridized carbons (Fsp3) is 0.0667. The Morgan fingerprint density at radius 2 is 1.90 bits per heavy atom. The first-order valence-electron chi connectivity index (χ1n) is 6.25. The quantitative estimate of drug-likeness (QED) is 0.894. The summed E-state index contributed by atoms with van der Waals surface area (Å²) in [7, 11) is 0. The summed E-state index contributed by atoms with van der Waals surface area (Å²) >= 11 is 5.87. The Balaban J connectivity index is 2.18. The summed E-state index contributed by atoms with van der Waals surface area (Å²) in [5.41, 5.74) is 1.82. The molecule has 0 aliphatic carbocycles. The number of para-hydroxylation sites is 1. The molecule has 0 spiro atoms. The Hall–Kier alpha value is -2.53. The highest BCUT2D eigenvalue weighted by Gasteiger charge is 2.27. The highest BCUT2D eigenvalue weighted by molar-refractivity contribution is 6.30. The first-order valence-corrected chi connectivity index (χ1v) is 6.63. The largest absolute Gasteiger partial charge is 0.478 e. The number of carbonyl (C=O) groups is 2. The molecule has 0 fully saturated rings. The molecule has 1 aliphatic heterocycles. The third kappa shape index (κ3) is 2.43. The molecule has 0 bridgehead atoms. The Kier molecular flexibility index (Phi) is 3.27. The van der Waals surface area contributed by atoms with Crippen molar-refractivity contribution in [3.05, 3.63) is 53.1 Å². The van der Waals surface area contributed by atoms with Crippen LogP contribution in [0.1, 0.15) is 10.4 Å². The third-order valence-corrected chi connectivity index (χ3v) is 3.50. The lowest BCUT2D eigenvalue weighted by Crippen LogP contribution is -2.36. The van der Waals surface area contributed by atoms with E-state index in [1.165, 1.54) is 6.07 Å². The zero-order valence-electron chi connectivity index (χ0n) is 10.8. The van der Waals surface area contributed by atoms with Crippen LogP contribution in [0.2, 0.25) is 5.02 Å². The molecular formula is C15H11ClN2O3. The number of nitrogens with one attached hydrogen (secondary N) is 1. The highest BCUT2D eigenvalue weighted by Crippen LogP contribution is 2.38. The zero-order valence-corrected chi connectivity index (χ0v) is 11.6. The van der Waals surface area contributed by atoms with E-state index in [-0.39, 0.29) is 18.0 Å². The van der Waals surface area contributed by atoms with Gasteiger partial charge in [0.15, 0.2) is 0 Å². The number of nitrogens with zero attached hydrogens (tertiary/aromatic N) is 1. The number of benzene rings is 2. The van der Waals surface area contributed by atoms with E-state index in [0.717, 1.165) is 0 Å². The van der Waals surface area contributed by atoms with Crippen LogP contribution < -0.4 is 10.2 Å². The standard InChI is InChI=1S/C15H11ClN2O3/c16-9-4-6-10(7-5-9)18-8-13(19)17-12-3-1-2-11(14(12)18)15(20)21/h1-7H,8H2,(H,17,19)(H,20,21). The van der Waals surface area contributed by atoms with E-state index in [1.807, 2.05) is 0 Å². The van der Waals surface area contributed by atoms with Gasteiger partial charge in [0.25, 0.3) is 0 Å². The Morgan fingerprint density at radius 3 is 2.57 bits per heavy atom. The molecule has 2 N–H and O–H groups in total. The number of carboxylic acids is 1. The summed E-state index contributed by atoms with van der Waals surface area (Å²) in [6.45, 7) is 0.0545. The summed E-state index contributed by atoms with van der Waals surface area (Å²) < 4.78 is 0. The topological polar surface area (TPSA) is 69.6 Å². The number of fused-ring (bicyclic) bond motifs is 1. The molecule has 0 atom stereocenters. The fourth-order valence-corrected chi connectivity index (χ4v) is 2.49. The van der Waals surface area contributed by atoms with Gasteiger partial charge in [-0.1, -0.05) is 17.7 Å². The molecule has 0 saturated carbocycles. The van der Waals surface area contributed by atoms with Crippen molar-refractivity contribution in [1.29, 1.82) is 0 Å². The summed E-state index contributed by atoms with van der Waals surface area (Å²) in [5, 5.41) is 12.6. The molecule has 5 nitrogen and oxygen atoms in total. The van der Waals surface area contributed by atoms with Crippen LogP contribution in [-0.2, 0) is 4.79 Å². The molecule has 0 radical (unpaired) electrons. The van der Waals surface area contributed by atoms with E-state index < -0.39 is 5.97 Å². The second kappa shape index (κ2) is 5.10. The van der Waals surface area contributed by atoms with E-state index in [4.69, 9.17) is 11.6 Å². The lowest BCUT2D eigenvalue weighted by atomic mass is 10.1. The normalized spacial score (nSPS) is 13.6. The van der Waals surface area contributed by atoms with Crippen molar-refractivity contribution in [2.24, 2.45) is 0 Å². The highest BCUT2D eigenvalue weighted by atomic mass is 35.5. The number of carbonyl (C=O) groups excluding carboxylic acids is 1. The average Bonchev–Trinajstić information content (AvgIpc) is 2.46. The van der Waals surface area contributed by atoms with Crippen molar-refractivity contribution < 1.29 is 14.7 Å². The molecule has 2 aromatic rings. The van der Waals surface area contributed by atoms with E-state index in [1.54, 1.807) is 41.3 Å². The summed E-state index contributed by atoms with van der Waals surface area (Å²) in [4.78, 5) is 24.9. The predicted octanol–water partition coefficient (Wildman–Crippen LogP) is 3.13. The zero-order chi connectivity index (χ0) is 15.0. The molecule has 6 heteroatoms. The van der Waals surface area contributed by atoms with E-state index in [9.17, 15) is 14.7 Å². The molecule has 0 saturated heterocycles. The van der Waals surface area contributed by atoms with Crippen molar-refractivity contribution in [2.45, 2.75) is 0 Å². The van der Waals surface area contributed by atoms with Crippen molar-refractivity contribution in [3.63, 3.8) is 0 Å². The van der Waals surface area contributed by atoms with Gasteiger partial charge in [0.05, 0.1) is 16.9 Å². The van der Waals surface area contributed by atoms with Crippen LogP contribution in [0.3, 0.4) is 0 Å². The van der Waals surface area contributed by atoms with E-state index >= 15 is 0 Å².